The average Bonchev–Trinajstić information content (AvgIpc) is 3.04. The zero-order valence-electron chi connectivity index (χ0n) is 31.4. The maximum Gasteiger partial charge on any atom is 0.317 e. The van der Waals surface area contributed by atoms with E-state index < -0.39 is 0 Å². The van der Waals surface area contributed by atoms with E-state index in [4.69, 9.17) is 9.47 Å². The van der Waals surface area contributed by atoms with E-state index in [0.717, 1.165) is 132 Å². The van der Waals surface area contributed by atoms with Gasteiger partial charge in [-0.3, -0.25) is 9.59 Å². The summed E-state index contributed by atoms with van der Waals surface area (Å²) < 4.78 is 13.1. The van der Waals surface area contributed by atoms with E-state index >= 15 is 0 Å². The Labute approximate surface area is 309 Å². The lowest BCUT2D eigenvalue weighted by Crippen LogP contribution is -2.90. The Morgan fingerprint density at radius 2 is 1.06 bits per heavy atom. The number of ether oxygens (including phenoxy) is 2. The number of rotatable bonds is 6. The molecule has 24 fully saturated rings. The minimum Gasteiger partial charge on any atom is -0.465 e. The van der Waals surface area contributed by atoms with Crippen molar-refractivity contribution in [2.75, 3.05) is 6.61 Å². The molecular formula is C48H60O4. The molecule has 0 saturated heterocycles. The van der Waals surface area contributed by atoms with E-state index in [9.17, 15) is 9.59 Å². The fraction of sp³-hybridized carbons (Fsp3) is 0.958. The van der Waals surface area contributed by atoms with Gasteiger partial charge < -0.3 is 9.47 Å². The largest absolute Gasteiger partial charge is 0.465 e. The number of carbonyl (C=O) groups excluding carboxylic acids is 2. The van der Waals surface area contributed by atoms with Crippen LogP contribution in [0.3, 0.4) is 0 Å². The van der Waals surface area contributed by atoms with Crippen molar-refractivity contribution in [2.45, 2.75) is 134 Å². The number of hydrogen-bond donors (Lipinski definition) is 0. The van der Waals surface area contributed by atoms with Crippen molar-refractivity contribution in [2.24, 2.45) is 139 Å². The monoisotopic (exact) mass is 700 g/mol. The normalized spacial score (nSPS) is 73.3. The Balaban J connectivity index is 0.651. The molecule has 52 heavy (non-hydrogen) atoms. The summed E-state index contributed by atoms with van der Waals surface area (Å²) in [7, 11) is 0. The van der Waals surface area contributed by atoms with Gasteiger partial charge in [-0.1, -0.05) is 6.42 Å². The second-order valence-corrected chi connectivity index (χ2v) is 25.7. The van der Waals surface area contributed by atoms with Gasteiger partial charge in [0.2, 0.25) is 0 Å². The standard InChI is InChI=1S/C48H60O4/c49-32(51-5-4-44-12-23-7-28-35(44)26-2-1-3-43-11-22-6-27(34(26)43)36(28)45(13-22,14-23)40(43)44)10-33(50)52-42-19-31-38-29-8-24-15-46-16-25-9-30(37(29)46)39(31)48(18-25,21-42)41(46)47(38,17-24)20-42/h22-31,34-41H,1-21H2. The molecule has 0 radical (unpaired) electrons. The Bertz CT molecular complexity index is 1770. The quantitative estimate of drug-likeness (QED) is 0.205. The molecular weight excluding hydrogens is 641 g/mol. The minimum atomic E-state index is -0.290. The molecule has 0 heterocycles. The molecule has 24 rings (SSSR count). The van der Waals surface area contributed by atoms with Gasteiger partial charge in [0.1, 0.15) is 12.0 Å². The predicted octanol–water partition coefficient (Wildman–Crippen LogP) is 8.85. The fourth-order valence-electron chi connectivity index (χ4n) is 28.6. The molecule has 0 aromatic rings. The second kappa shape index (κ2) is 7.79. The molecule has 4 heteroatoms. The lowest BCUT2D eigenvalue weighted by atomic mass is 9.10. The lowest BCUT2D eigenvalue weighted by Gasteiger charge is -2.94. The van der Waals surface area contributed by atoms with Gasteiger partial charge >= 0.3 is 11.9 Å². The summed E-state index contributed by atoms with van der Waals surface area (Å²) in [5.41, 5.74) is 3.00. The van der Waals surface area contributed by atoms with Gasteiger partial charge in [-0.15, -0.1) is 0 Å². The molecule has 24 aliphatic carbocycles. The molecule has 0 aromatic carbocycles. The van der Waals surface area contributed by atoms with Crippen molar-refractivity contribution >= 4 is 11.9 Å². The smallest absolute Gasteiger partial charge is 0.317 e. The Morgan fingerprint density at radius 1 is 0.519 bits per heavy atom. The highest BCUT2D eigenvalue weighted by Gasteiger charge is 2.92. The maximum atomic E-state index is 14.0. The van der Waals surface area contributed by atoms with Gasteiger partial charge in [0.05, 0.1) is 6.61 Å². The Kier molecular flexibility index (Phi) is 4.25. The van der Waals surface area contributed by atoms with Gasteiger partial charge in [-0.25, -0.2) is 0 Å². The molecule has 20 unspecified atom stereocenters. The zero-order chi connectivity index (χ0) is 33.3. The van der Waals surface area contributed by atoms with Crippen molar-refractivity contribution in [1.29, 1.82) is 0 Å². The van der Waals surface area contributed by atoms with Crippen LogP contribution in [0, 0.1) is 139 Å². The van der Waals surface area contributed by atoms with E-state index in [0.29, 0.717) is 39.1 Å². The van der Waals surface area contributed by atoms with Gasteiger partial charge in [-0.2, -0.15) is 0 Å². The van der Waals surface area contributed by atoms with Crippen LogP contribution in [0.4, 0.5) is 0 Å². The summed E-state index contributed by atoms with van der Waals surface area (Å²) >= 11 is 0. The van der Waals surface area contributed by atoms with Crippen molar-refractivity contribution in [3.8, 4) is 0 Å². The maximum absolute atomic E-state index is 14.0. The van der Waals surface area contributed by atoms with Crippen LogP contribution in [-0.2, 0) is 19.1 Å². The van der Waals surface area contributed by atoms with E-state index in [1.54, 1.807) is 38.5 Å². The van der Waals surface area contributed by atoms with Crippen LogP contribution >= 0.6 is 0 Å². The van der Waals surface area contributed by atoms with Crippen LogP contribution in [0.1, 0.15) is 128 Å². The van der Waals surface area contributed by atoms with E-state index in [-0.39, 0.29) is 24.0 Å². The molecule has 20 atom stereocenters. The van der Waals surface area contributed by atoms with Crippen molar-refractivity contribution in [1.82, 2.24) is 0 Å². The molecule has 0 N–H and O–H groups in total. The van der Waals surface area contributed by atoms with Crippen LogP contribution in [0.5, 0.6) is 0 Å². The van der Waals surface area contributed by atoms with Crippen LogP contribution < -0.4 is 0 Å². The number of carbonyl (C=O) groups is 2. The highest BCUT2D eigenvalue weighted by molar-refractivity contribution is 5.91. The predicted molar refractivity (Wildman–Crippen MR) is 190 cm³/mol. The highest BCUT2D eigenvalue weighted by atomic mass is 16.6. The van der Waals surface area contributed by atoms with Crippen molar-refractivity contribution in [3.63, 3.8) is 0 Å². The summed E-state index contributed by atoms with van der Waals surface area (Å²) in [5.74, 6) is 17.0. The molecule has 25 bridgehead atoms. The third kappa shape index (κ3) is 2.43. The Hall–Kier alpha value is -1.06. The van der Waals surface area contributed by atoms with Gasteiger partial charge in [0.25, 0.3) is 0 Å². The first-order chi connectivity index (χ1) is 25.3. The zero-order valence-corrected chi connectivity index (χ0v) is 31.4. The first-order valence-electron chi connectivity index (χ1n) is 23.6. The first-order valence-corrected chi connectivity index (χ1v) is 23.6. The summed E-state index contributed by atoms with van der Waals surface area (Å²) in [5, 5.41) is 0. The van der Waals surface area contributed by atoms with Gasteiger partial charge in [-0.05, 0) is 255 Å². The summed E-state index contributed by atoms with van der Waals surface area (Å²) in [6.45, 7) is 0.554. The van der Waals surface area contributed by atoms with E-state index in [1.807, 2.05) is 0 Å². The molecule has 24 saturated carbocycles. The van der Waals surface area contributed by atoms with Crippen molar-refractivity contribution in [3.05, 3.63) is 0 Å². The molecule has 24 aliphatic rings. The molecule has 276 valence electrons. The third-order valence-electron chi connectivity index (χ3n) is 25.3. The van der Waals surface area contributed by atoms with Gasteiger partial charge in [0.15, 0.2) is 0 Å². The fourth-order valence-corrected chi connectivity index (χ4v) is 28.6. The van der Waals surface area contributed by atoms with Crippen LogP contribution in [0.25, 0.3) is 0 Å². The molecule has 0 aromatic heterocycles. The lowest BCUT2D eigenvalue weighted by molar-refractivity contribution is -0.472. The highest BCUT2D eigenvalue weighted by Crippen LogP contribution is 2.97. The van der Waals surface area contributed by atoms with Gasteiger partial charge in [0, 0.05) is 0 Å². The van der Waals surface area contributed by atoms with E-state index in [1.165, 1.54) is 57.8 Å². The topological polar surface area (TPSA) is 52.6 Å². The third-order valence-corrected chi connectivity index (χ3v) is 25.3. The van der Waals surface area contributed by atoms with Crippen molar-refractivity contribution < 1.29 is 19.1 Å². The first kappa shape index (κ1) is 28.4. The van der Waals surface area contributed by atoms with Crippen LogP contribution in [0.2, 0.25) is 0 Å². The summed E-state index contributed by atoms with van der Waals surface area (Å²) in [6, 6.07) is 0. The average molecular weight is 701 g/mol. The van der Waals surface area contributed by atoms with Crippen LogP contribution in [-0.4, -0.2) is 24.1 Å². The molecule has 4 nitrogen and oxygen atoms in total. The summed E-state index contributed by atoms with van der Waals surface area (Å²) in [4.78, 5) is 27.7. The molecule has 0 amide bonds. The van der Waals surface area contributed by atoms with E-state index in [2.05, 4.69) is 0 Å². The molecule has 5 spiro atoms. The SMILES string of the molecule is O=C(CC(=O)OC12CC3C4C5CC6CC78CC9CC(C57)C3C(C9)(C1)C8C4(C6)C2)OCCC12CC3CC4C1C1CCCC56CC7CC(C15)C4C(C7)(C3)C62. The number of hydrogen-bond acceptors (Lipinski definition) is 4. The Morgan fingerprint density at radius 3 is 1.73 bits per heavy atom. The number of esters is 2. The summed E-state index contributed by atoms with van der Waals surface area (Å²) in [6.07, 6.45) is 27.2. The minimum absolute atomic E-state index is 0.152. The molecule has 0 aliphatic heterocycles. The van der Waals surface area contributed by atoms with Crippen LogP contribution in [0.15, 0.2) is 0 Å². The second-order valence-electron chi connectivity index (χ2n) is 25.7.